The molecule has 0 N–H and O–H groups in total. The second kappa shape index (κ2) is 65.2. The molecule has 0 fully saturated rings. The average Bonchev–Trinajstić information content (AvgIpc) is 3.42. The van der Waals surface area contributed by atoms with Gasteiger partial charge in [-0.25, -0.2) is 0 Å². The lowest BCUT2D eigenvalue weighted by atomic mass is 10.0. The quantitative estimate of drug-likeness (QED) is 0.0261. The van der Waals surface area contributed by atoms with Crippen LogP contribution in [0.1, 0.15) is 374 Å². The molecule has 6 heteroatoms. The minimum absolute atomic E-state index is 0.0793. The van der Waals surface area contributed by atoms with Gasteiger partial charge in [-0.2, -0.15) is 0 Å². The van der Waals surface area contributed by atoms with Gasteiger partial charge < -0.3 is 14.2 Å². The van der Waals surface area contributed by atoms with Gasteiger partial charge in [0.2, 0.25) is 0 Å². The fourth-order valence-electron chi connectivity index (χ4n) is 10.3. The number of carbonyl (C=O) groups excluding carboxylic acids is 3. The van der Waals surface area contributed by atoms with Crippen LogP contribution in [-0.4, -0.2) is 37.2 Å². The normalized spacial score (nSPS) is 12.2. The summed E-state index contributed by atoms with van der Waals surface area (Å²) in [6.45, 7) is 6.55. The van der Waals surface area contributed by atoms with Crippen LogP contribution < -0.4 is 0 Å². The zero-order chi connectivity index (χ0) is 55.0. The summed E-state index contributed by atoms with van der Waals surface area (Å²) in [4.78, 5) is 38.1. The first-order chi connectivity index (χ1) is 37.5. The number of allylic oxidation sites excluding steroid dienone is 6. The summed E-state index contributed by atoms with van der Waals surface area (Å²) >= 11 is 0. The molecular weight excluding hydrogens is 937 g/mol. The number of unbranched alkanes of at least 4 members (excludes halogenated alkanes) is 46. The van der Waals surface area contributed by atoms with Crippen LogP contribution in [0.3, 0.4) is 0 Å². The summed E-state index contributed by atoms with van der Waals surface area (Å²) in [5.41, 5.74) is 0. The molecule has 1 unspecified atom stereocenters. The molecule has 0 rings (SSSR count). The smallest absolute Gasteiger partial charge is 0.306 e. The molecule has 0 saturated carbocycles. The van der Waals surface area contributed by atoms with Gasteiger partial charge in [0.15, 0.2) is 6.10 Å². The average molecular weight is 1070 g/mol. The molecule has 0 heterocycles. The Hall–Kier alpha value is -2.37. The van der Waals surface area contributed by atoms with E-state index in [1.54, 1.807) is 0 Å². The molecule has 0 spiro atoms. The molecule has 76 heavy (non-hydrogen) atoms. The Morgan fingerprint density at radius 3 is 0.803 bits per heavy atom. The van der Waals surface area contributed by atoms with Crippen LogP contribution >= 0.6 is 0 Å². The highest BCUT2D eigenvalue weighted by Gasteiger charge is 2.19. The standard InChI is InChI=1S/C70H130O6/c1-4-7-10-13-16-19-22-24-25-26-27-28-29-30-31-32-33-34-35-36-37-38-39-40-41-42-43-44-46-48-51-54-57-60-63-69(72)75-66-67(65-74-68(71)62-59-56-53-50-47-21-18-15-12-9-6-3)76-70(73)64-61-58-55-52-49-45-23-20-17-14-11-8-5-2/h8,11,17,20,45,49,67H,4-7,9-10,12-16,18-19,21-44,46-48,50-66H2,1-3H3/b11-8-,20-17-,49-45-. The Morgan fingerprint density at radius 2 is 0.513 bits per heavy atom. The van der Waals surface area contributed by atoms with E-state index in [1.165, 1.54) is 250 Å². The Morgan fingerprint density at radius 1 is 0.276 bits per heavy atom. The highest BCUT2D eigenvalue weighted by atomic mass is 16.6. The third-order valence-corrected chi connectivity index (χ3v) is 15.4. The fraction of sp³-hybridized carbons (Fsp3) is 0.871. The van der Waals surface area contributed by atoms with Crippen LogP contribution in [-0.2, 0) is 28.6 Å². The Labute approximate surface area is 474 Å². The van der Waals surface area contributed by atoms with Gasteiger partial charge in [-0.05, 0) is 51.4 Å². The first-order valence-electron chi connectivity index (χ1n) is 34.0. The van der Waals surface area contributed by atoms with Gasteiger partial charge in [0.05, 0.1) is 0 Å². The van der Waals surface area contributed by atoms with Crippen molar-refractivity contribution in [1.29, 1.82) is 0 Å². The third kappa shape index (κ3) is 62.5. The van der Waals surface area contributed by atoms with Crippen LogP contribution in [0.2, 0.25) is 0 Å². The maximum Gasteiger partial charge on any atom is 0.306 e. The molecule has 0 aliphatic rings. The zero-order valence-corrected chi connectivity index (χ0v) is 51.3. The van der Waals surface area contributed by atoms with Gasteiger partial charge in [-0.3, -0.25) is 14.4 Å². The number of ether oxygens (including phenoxy) is 3. The summed E-state index contributed by atoms with van der Waals surface area (Å²) < 4.78 is 16.9. The van der Waals surface area contributed by atoms with Gasteiger partial charge in [-0.15, -0.1) is 0 Å². The molecule has 0 aliphatic heterocycles. The van der Waals surface area contributed by atoms with E-state index in [0.717, 1.165) is 83.5 Å². The van der Waals surface area contributed by atoms with E-state index in [9.17, 15) is 14.4 Å². The predicted molar refractivity (Wildman–Crippen MR) is 330 cm³/mol. The van der Waals surface area contributed by atoms with E-state index in [1.807, 2.05) is 0 Å². The van der Waals surface area contributed by atoms with Crippen molar-refractivity contribution in [3.63, 3.8) is 0 Å². The van der Waals surface area contributed by atoms with Crippen LogP contribution in [0.5, 0.6) is 0 Å². The summed E-state index contributed by atoms with van der Waals surface area (Å²) in [6, 6.07) is 0. The summed E-state index contributed by atoms with van der Waals surface area (Å²) in [7, 11) is 0. The summed E-state index contributed by atoms with van der Waals surface area (Å²) in [6.07, 6.45) is 80.7. The van der Waals surface area contributed by atoms with Gasteiger partial charge in [-0.1, -0.05) is 340 Å². The predicted octanol–water partition coefficient (Wildman–Crippen LogP) is 23.2. The van der Waals surface area contributed by atoms with E-state index in [0.29, 0.717) is 19.3 Å². The molecule has 0 amide bonds. The largest absolute Gasteiger partial charge is 0.462 e. The molecule has 446 valence electrons. The topological polar surface area (TPSA) is 78.9 Å². The number of carbonyl (C=O) groups is 3. The molecule has 0 bridgehead atoms. The van der Waals surface area contributed by atoms with Crippen molar-refractivity contribution in [3.05, 3.63) is 36.5 Å². The molecule has 0 saturated heterocycles. The second-order valence-electron chi connectivity index (χ2n) is 23.1. The van der Waals surface area contributed by atoms with Gasteiger partial charge in [0.25, 0.3) is 0 Å². The fourth-order valence-corrected chi connectivity index (χ4v) is 10.3. The molecule has 0 aromatic carbocycles. The molecule has 0 aromatic heterocycles. The van der Waals surface area contributed by atoms with Gasteiger partial charge in [0, 0.05) is 19.3 Å². The van der Waals surface area contributed by atoms with Gasteiger partial charge >= 0.3 is 17.9 Å². The molecule has 0 radical (unpaired) electrons. The summed E-state index contributed by atoms with van der Waals surface area (Å²) in [5.74, 6) is -0.889. The highest BCUT2D eigenvalue weighted by molar-refractivity contribution is 5.71. The van der Waals surface area contributed by atoms with Gasteiger partial charge in [0.1, 0.15) is 13.2 Å². The van der Waals surface area contributed by atoms with Crippen LogP contribution in [0, 0.1) is 0 Å². The van der Waals surface area contributed by atoms with E-state index < -0.39 is 6.10 Å². The lowest BCUT2D eigenvalue weighted by Crippen LogP contribution is -2.30. The molecule has 1 atom stereocenters. The first kappa shape index (κ1) is 73.6. The number of hydrogen-bond acceptors (Lipinski definition) is 6. The van der Waals surface area contributed by atoms with E-state index in [4.69, 9.17) is 14.2 Å². The van der Waals surface area contributed by atoms with Crippen molar-refractivity contribution in [3.8, 4) is 0 Å². The van der Waals surface area contributed by atoms with Crippen LogP contribution in [0.25, 0.3) is 0 Å². The van der Waals surface area contributed by atoms with Crippen LogP contribution in [0.4, 0.5) is 0 Å². The SMILES string of the molecule is CC/C=C\C/C=C\C/C=C\CCCCCC(=O)OC(COC(=O)CCCCCCCCCCCCC)COC(=O)CCCCCCCCCCCCCCCCCCCCCCCCCCCCCCCCCCCC. The molecular formula is C70H130O6. The molecule has 0 aromatic rings. The number of rotatable bonds is 63. The molecule has 6 nitrogen and oxygen atoms in total. The van der Waals surface area contributed by atoms with E-state index in [2.05, 4.69) is 57.2 Å². The second-order valence-corrected chi connectivity index (χ2v) is 23.1. The highest BCUT2D eigenvalue weighted by Crippen LogP contribution is 2.19. The van der Waals surface area contributed by atoms with E-state index in [-0.39, 0.29) is 31.1 Å². The van der Waals surface area contributed by atoms with Crippen molar-refractivity contribution in [2.45, 2.75) is 380 Å². The molecule has 0 aliphatic carbocycles. The monoisotopic (exact) mass is 1070 g/mol. The first-order valence-corrected chi connectivity index (χ1v) is 34.0. The van der Waals surface area contributed by atoms with Crippen molar-refractivity contribution in [2.75, 3.05) is 13.2 Å². The van der Waals surface area contributed by atoms with Crippen LogP contribution in [0.15, 0.2) is 36.5 Å². The number of hydrogen-bond donors (Lipinski definition) is 0. The third-order valence-electron chi connectivity index (χ3n) is 15.4. The lowest BCUT2D eigenvalue weighted by Gasteiger charge is -2.18. The van der Waals surface area contributed by atoms with Crippen molar-refractivity contribution >= 4 is 17.9 Å². The summed E-state index contributed by atoms with van der Waals surface area (Å²) in [5, 5.41) is 0. The van der Waals surface area contributed by atoms with Crippen molar-refractivity contribution in [2.24, 2.45) is 0 Å². The Bertz CT molecular complexity index is 1270. The maximum absolute atomic E-state index is 12.8. The number of esters is 3. The lowest BCUT2D eigenvalue weighted by molar-refractivity contribution is -0.167. The van der Waals surface area contributed by atoms with Crippen molar-refractivity contribution < 1.29 is 28.6 Å². The van der Waals surface area contributed by atoms with Crippen molar-refractivity contribution in [1.82, 2.24) is 0 Å². The maximum atomic E-state index is 12.8. The van der Waals surface area contributed by atoms with E-state index >= 15 is 0 Å². The Kier molecular flexibility index (Phi) is 63.1. The Balaban J connectivity index is 3.99. The minimum Gasteiger partial charge on any atom is -0.462 e. The minimum atomic E-state index is -0.783. The zero-order valence-electron chi connectivity index (χ0n) is 51.3.